The van der Waals surface area contributed by atoms with Crippen LogP contribution in [0.3, 0.4) is 0 Å². The lowest BCUT2D eigenvalue weighted by Gasteiger charge is -2.23. The second-order valence-corrected chi connectivity index (χ2v) is 7.50. The number of amides is 4. The molecule has 0 spiro atoms. The lowest BCUT2D eigenvalue weighted by molar-refractivity contribution is -0.133. The van der Waals surface area contributed by atoms with Gasteiger partial charge in [-0.2, -0.15) is 0 Å². The molecule has 0 radical (unpaired) electrons. The quantitative estimate of drug-likeness (QED) is 0.538. The van der Waals surface area contributed by atoms with Gasteiger partial charge in [0, 0.05) is 15.6 Å². The second-order valence-electron chi connectivity index (χ2n) is 6.66. The molecule has 4 amide bonds. The molecule has 0 aromatic heterocycles. The summed E-state index contributed by atoms with van der Waals surface area (Å²) in [6, 6.07) is 10.0. The van der Waals surface area contributed by atoms with Gasteiger partial charge < -0.3 is 15.4 Å². The van der Waals surface area contributed by atoms with E-state index in [0.29, 0.717) is 10.6 Å². The van der Waals surface area contributed by atoms with E-state index in [1.165, 1.54) is 32.2 Å². The van der Waals surface area contributed by atoms with Crippen molar-refractivity contribution in [2.75, 3.05) is 19.0 Å². The van der Waals surface area contributed by atoms with E-state index in [1.807, 2.05) is 0 Å². The van der Waals surface area contributed by atoms with E-state index >= 15 is 0 Å². The van der Waals surface area contributed by atoms with Crippen molar-refractivity contribution in [1.29, 1.82) is 0 Å². The fourth-order valence-corrected chi connectivity index (χ4v) is 3.73. The van der Waals surface area contributed by atoms with E-state index in [2.05, 4.69) is 15.4 Å². The summed E-state index contributed by atoms with van der Waals surface area (Å²) in [5, 5.41) is 5.68. The zero-order valence-electron chi connectivity index (χ0n) is 16.0. The summed E-state index contributed by atoms with van der Waals surface area (Å²) in [4.78, 5) is 50.5. The Hall–Kier alpha value is -3.10. The minimum atomic E-state index is -1.46. The summed E-state index contributed by atoms with van der Waals surface area (Å²) >= 11 is 12.1. The number of nitrogens with zero attached hydrogens (tertiary/aromatic N) is 1. The van der Waals surface area contributed by atoms with Gasteiger partial charge in [-0.3, -0.25) is 14.5 Å². The van der Waals surface area contributed by atoms with Crippen molar-refractivity contribution in [2.45, 2.75) is 12.5 Å². The SMILES string of the molecule is COC(=O)c1ccccc1NC(=O)CN1C(=O)NC(C)(c2ccc(Cl)cc2Cl)C1=O. The molecular weight excluding hydrogens is 433 g/mol. The maximum atomic E-state index is 13.0. The Bertz CT molecular complexity index is 1060. The number of hydrogen-bond donors (Lipinski definition) is 2. The third-order valence-corrected chi connectivity index (χ3v) is 5.20. The normalized spacial score (nSPS) is 18.2. The van der Waals surface area contributed by atoms with Crippen molar-refractivity contribution in [2.24, 2.45) is 0 Å². The van der Waals surface area contributed by atoms with Crippen LogP contribution in [0.1, 0.15) is 22.8 Å². The number of ether oxygens (including phenoxy) is 1. The summed E-state index contributed by atoms with van der Waals surface area (Å²) in [7, 11) is 1.22. The molecule has 1 aliphatic heterocycles. The van der Waals surface area contributed by atoms with E-state index in [4.69, 9.17) is 23.2 Å². The maximum absolute atomic E-state index is 13.0. The lowest BCUT2D eigenvalue weighted by atomic mass is 9.92. The molecule has 2 aromatic carbocycles. The molecule has 30 heavy (non-hydrogen) atoms. The van der Waals surface area contributed by atoms with E-state index in [1.54, 1.807) is 24.3 Å². The van der Waals surface area contributed by atoms with Gasteiger partial charge in [0.15, 0.2) is 0 Å². The third kappa shape index (κ3) is 3.96. The highest BCUT2D eigenvalue weighted by Gasteiger charge is 2.50. The molecular formula is C20H17Cl2N3O5. The van der Waals surface area contributed by atoms with Crippen molar-refractivity contribution in [3.05, 3.63) is 63.6 Å². The third-order valence-electron chi connectivity index (χ3n) is 4.65. The number of halogens is 2. The number of carbonyl (C=O) groups is 4. The van der Waals surface area contributed by atoms with Crippen molar-refractivity contribution in [1.82, 2.24) is 10.2 Å². The smallest absolute Gasteiger partial charge is 0.339 e. The first-order chi connectivity index (χ1) is 14.2. The molecule has 2 N–H and O–H groups in total. The van der Waals surface area contributed by atoms with Gasteiger partial charge in [-0.25, -0.2) is 9.59 Å². The lowest BCUT2D eigenvalue weighted by Crippen LogP contribution is -2.42. The first kappa shape index (κ1) is 21.6. The van der Waals surface area contributed by atoms with E-state index < -0.39 is 35.9 Å². The number of imide groups is 1. The molecule has 10 heteroatoms. The monoisotopic (exact) mass is 449 g/mol. The van der Waals surface area contributed by atoms with Crippen LogP contribution in [0.15, 0.2) is 42.5 Å². The van der Waals surface area contributed by atoms with Crippen LogP contribution in [-0.2, 0) is 19.9 Å². The predicted molar refractivity (Wildman–Crippen MR) is 110 cm³/mol. The highest BCUT2D eigenvalue weighted by atomic mass is 35.5. The van der Waals surface area contributed by atoms with Gasteiger partial charge in [0.25, 0.3) is 5.91 Å². The molecule has 1 aliphatic rings. The van der Waals surface area contributed by atoms with E-state index in [0.717, 1.165) is 4.90 Å². The molecule has 1 unspecified atom stereocenters. The van der Waals surface area contributed by atoms with Crippen molar-refractivity contribution >= 4 is 52.7 Å². The fourth-order valence-electron chi connectivity index (χ4n) is 3.13. The Kier molecular flexibility index (Phi) is 6.00. The number of para-hydroxylation sites is 1. The molecule has 1 fully saturated rings. The first-order valence-electron chi connectivity index (χ1n) is 8.74. The maximum Gasteiger partial charge on any atom is 0.339 e. The number of benzene rings is 2. The number of hydrogen-bond acceptors (Lipinski definition) is 5. The van der Waals surface area contributed by atoms with Gasteiger partial charge in [-0.1, -0.05) is 41.4 Å². The zero-order chi connectivity index (χ0) is 22.1. The zero-order valence-corrected chi connectivity index (χ0v) is 17.5. The number of methoxy groups -OCH3 is 1. The number of anilines is 1. The fraction of sp³-hybridized carbons (Fsp3) is 0.200. The minimum absolute atomic E-state index is 0.142. The average molecular weight is 450 g/mol. The Morgan fingerprint density at radius 3 is 2.53 bits per heavy atom. The molecule has 3 rings (SSSR count). The van der Waals surface area contributed by atoms with Gasteiger partial charge in [-0.15, -0.1) is 0 Å². The second kappa shape index (κ2) is 8.33. The first-order valence-corrected chi connectivity index (χ1v) is 9.50. The van der Waals surface area contributed by atoms with Crippen molar-refractivity contribution < 1.29 is 23.9 Å². The van der Waals surface area contributed by atoms with Gasteiger partial charge >= 0.3 is 12.0 Å². The Balaban J connectivity index is 1.79. The molecule has 8 nitrogen and oxygen atoms in total. The summed E-state index contributed by atoms with van der Waals surface area (Å²) in [6.45, 7) is 0.938. The molecule has 0 saturated carbocycles. The predicted octanol–water partition coefficient (Wildman–Crippen LogP) is 3.19. The Morgan fingerprint density at radius 2 is 1.87 bits per heavy atom. The van der Waals surface area contributed by atoms with Crippen LogP contribution in [-0.4, -0.2) is 42.4 Å². The summed E-state index contributed by atoms with van der Waals surface area (Å²) in [6.07, 6.45) is 0. The Morgan fingerprint density at radius 1 is 1.17 bits per heavy atom. The number of urea groups is 1. The van der Waals surface area contributed by atoms with Gasteiger partial charge in [0.1, 0.15) is 12.1 Å². The molecule has 0 aliphatic carbocycles. The van der Waals surface area contributed by atoms with E-state index in [9.17, 15) is 19.2 Å². The molecule has 1 heterocycles. The van der Waals surface area contributed by atoms with Crippen LogP contribution in [0, 0.1) is 0 Å². The molecule has 2 aromatic rings. The van der Waals surface area contributed by atoms with Crippen molar-refractivity contribution in [3.8, 4) is 0 Å². The van der Waals surface area contributed by atoms with Gasteiger partial charge in [0.05, 0.1) is 18.4 Å². The molecule has 156 valence electrons. The van der Waals surface area contributed by atoms with Crippen LogP contribution < -0.4 is 10.6 Å². The van der Waals surface area contributed by atoms with Crippen LogP contribution >= 0.6 is 23.2 Å². The number of nitrogens with one attached hydrogen (secondary N) is 2. The van der Waals surface area contributed by atoms with Gasteiger partial charge in [0.2, 0.25) is 5.91 Å². The van der Waals surface area contributed by atoms with Crippen LogP contribution in [0.2, 0.25) is 10.0 Å². The number of carbonyl (C=O) groups excluding carboxylic acids is 4. The summed E-state index contributed by atoms with van der Waals surface area (Å²) in [5.41, 5.74) is -0.762. The van der Waals surface area contributed by atoms with Gasteiger partial charge in [-0.05, 0) is 31.2 Å². The van der Waals surface area contributed by atoms with Crippen LogP contribution in [0.4, 0.5) is 10.5 Å². The van der Waals surface area contributed by atoms with Crippen LogP contribution in [0.25, 0.3) is 0 Å². The molecule has 1 atom stereocenters. The molecule has 0 bridgehead atoms. The summed E-state index contributed by atoms with van der Waals surface area (Å²) in [5.74, 6) is -1.94. The topological polar surface area (TPSA) is 105 Å². The Labute approximate surface area is 182 Å². The standard InChI is InChI=1S/C20H17Cl2N3O5/c1-20(13-8-7-11(21)9-14(13)22)18(28)25(19(29)24-20)10-16(26)23-15-6-4-3-5-12(15)17(27)30-2/h3-9H,10H2,1-2H3,(H,23,26)(H,24,29). The van der Waals surface area contributed by atoms with Crippen molar-refractivity contribution in [3.63, 3.8) is 0 Å². The summed E-state index contributed by atoms with van der Waals surface area (Å²) < 4.78 is 4.68. The number of rotatable bonds is 5. The molecule has 1 saturated heterocycles. The van der Waals surface area contributed by atoms with Crippen LogP contribution in [0.5, 0.6) is 0 Å². The largest absolute Gasteiger partial charge is 0.465 e. The highest BCUT2D eigenvalue weighted by Crippen LogP contribution is 2.35. The minimum Gasteiger partial charge on any atom is -0.465 e. The average Bonchev–Trinajstić information content (AvgIpc) is 2.91. The van der Waals surface area contributed by atoms with E-state index in [-0.39, 0.29) is 16.3 Å². The highest BCUT2D eigenvalue weighted by molar-refractivity contribution is 6.35. The number of esters is 1.